The van der Waals surface area contributed by atoms with Gasteiger partial charge in [0, 0.05) is 48.9 Å². The number of non-ortho nitro benzene ring substituents is 1. The van der Waals surface area contributed by atoms with Gasteiger partial charge >= 0.3 is 0 Å². The number of hydrogen-bond acceptors (Lipinski definition) is 6. The third-order valence-corrected chi connectivity index (χ3v) is 4.72. The van der Waals surface area contributed by atoms with Gasteiger partial charge in [0.05, 0.1) is 11.5 Å². The van der Waals surface area contributed by atoms with Crippen LogP contribution in [0.4, 0.5) is 11.4 Å². The fraction of sp³-hybridized carbons (Fsp3) is 0.350. The van der Waals surface area contributed by atoms with Gasteiger partial charge < -0.3 is 15.1 Å². The van der Waals surface area contributed by atoms with E-state index in [1.165, 1.54) is 24.3 Å². The van der Waals surface area contributed by atoms with Crippen LogP contribution in [0.25, 0.3) is 0 Å². The minimum atomic E-state index is -1.08. The van der Waals surface area contributed by atoms with E-state index in [1.807, 2.05) is 24.3 Å². The van der Waals surface area contributed by atoms with Crippen molar-refractivity contribution in [3.63, 3.8) is 0 Å². The first kappa shape index (κ1) is 23.1. The van der Waals surface area contributed by atoms with Crippen molar-refractivity contribution < 1.29 is 15.1 Å². The number of hydrogen-bond donors (Lipinski definition) is 2. The molecule has 9 heteroatoms. The maximum Gasteiger partial charge on any atom is 0.269 e. The summed E-state index contributed by atoms with van der Waals surface area (Å²) in [6.07, 6.45) is 0.492. The average Bonchev–Trinajstić information content (AvgIpc) is 2.74. The molecule has 0 saturated heterocycles. The molecule has 2 N–H and O–H groups in total. The molecule has 0 radical (unpaired) electrons. The second-order valence-electron chi connectivity index (χ2n) is 6.28. The average molecular weight is 440 g/mol. The van der Waals surface area contributed by atoms with Crippen LogP contribution >= 0.6 is 23.2 Å². The summed E-state index contributed by atoms with van der Waals surface area (Å²) in [6.45, 7) is 1.01. The lowest BCUT2D eigenvalue weighted by Crippen LogP contribution is -2.27. The predicted octanol–water partition coefficient (Wildman–Crippen LogP) is 3.39. The molecule has 2 atom stereocenters. The largest absolute Gasteiger partial charge is 0.394 e. The minimum absolute atomic E-state index is 0.0672. The van der Waals surface area contributed by atoms with Gasteiger partial charge in [0.25, 0.3) is 5.69 Å². The highest BCUT2D eigenvalue weighted by Gasteiger charge is 2.20. The van der Waals surface area contributed by atoms with Gasteiger partial charge in [-0.3, -0.25) is 15.1 Å². The summed E-state index contributed by atoms with van der Waals surface area (Å²) in [5.41, 5.74) is 2.18. The second-order valence-corrected chi connectivity index (χ2v) is 7.03. The predicted molar refractivity (Wildman–Crippen MR) is 117 cm³/mol. The van der Waals surface area contributed by atoms with Gasteiger partial charge in [0.1, 0.15) is 12.1 Å². The number of nitro benzene ring substituents is 1. The molecular weight excluding hydrogens is 417 g/mol. The molecule has 0 heterocycles. The van der Waals surface area contributed by atoms with Crippen molar-refractivity contribution in [3.8, 4) is 0 Å². The SMILES string of the molecule is O=[N+]([O-])c1ccc(C(O)C(CO)/N=C/c2ccc(N(CCCl)CCCl)cc2)cc1. The Labute approximate surface area is 179 Å². The van der Waals surface area contributed by atoms with Crippen molar-refractivity contribution in [2.45, 2.75) is 12.1 Å². The van der Waals surface area contributed by atoms with Crippen LogP contribution < -0.4 is 4.90 Å². The Bertz CT molecular complexity index is 794. The van der Waals surface area contributed by atoms with Gasteiger partial charge in [-0.1, -0.05) is 12.1 Å². The zero-order chi connectivity index (χ0) is 21.2. The van der Waals surface area contributed by atoms with Crippen molar-refractivity contribution in [2.24, 2.45) is 4.99 Å². The third kappa shape index (κ3) is 6.68. The number of benzene rings is 2. The highest BCUT2D eigenvalue weighted by Crippen LogP contribution is 2.22. The minimum Gasteiger partial charge on any atom is -0.394 e. The molecule has 156 valence electrons. The molecule has 2 rings (SSSR count). The van der Waals surface area contributed by atoms with Crippen molar-refractivity contribution in [1.82, 2.24) is 0 Å². The Balaban J connectivity index is 2.08. The molecule has 2 aromatic rings. The zero-order valence-corrected chi connectivity index (χ0v) is 17.2. The smallest absolute Gasteiger partial charge is 0.269 e. The summed E-state index contributed by atoms with van der Waals surface area (Å²) in [7, 11) is 0. The maximum atomic E-state index is 10.7. The summed E-state index contributed by atoms with van der Waals surface area (Å²) in [5.74, 6) is 0.998. The van der Waals surface area contributed by atoms with Crippen molar-refractivity contribution in [3.05, 3.63) is 69.8 Å². The van der Waals surface area contributed by atoms with Gasteiger partial charge in [-0.15, -0.1) is 23.2 Å². The van der Waals surface area contributed by atoms with E-state index in [9.17, 15) is 20.3 Å². The van der Waals surface area contributed by atoms with E-state index < -0.39 is 17.1 Å². The van der Waals surface area contributed by atoms with Crippen LogP contribution in [0.15, 0.2) is 53.5 Å². The van der Waals surface area contributed by atoms with Crippen molar-refractivity contribution >= 4 is 40.8 Å². The Morgan fingerprint density at radius 3 is 2.14 bits per heavy atom. The zero-order valence-electron chi connectivity index (χ0n) is 15.7. The first-order valence-corrected chi connectivity index (χ1v) is 10.1. The van der Waals surface area contributed by atoms with Gasteiger partial charge in [0.2, 0.25) is 0 Å². The molecule has 0 aliphatic rings. The number of alkyl halides is 2. The fourth-order valence-electron chi connectivity index (χ4n) is 2.77. The lowest BCUT2D eigenvalue weighted by Gasteiger charge is -2.22. The Kier molecular flexibility index (Phi) is 9.34. The molecule has 0 aliphatic carbocycles. The summed E-state index contributed by atoms with van der Waals surface area (Å²) in [5, 5.41) is 30.8. The molecule has 29 heavy (non-hydrogen) atoms. The molecule has 0 bridgehead atoms. The van der Waals surface area contributed by atoms with Crippen LogP contribution in [-0.4, -0.2) is 58.8 Å². The Morgan fingerprint density at radius 1 is 1.07 bits per heavy atom. The molecule has 0 spiro atoms. The number of nitro groups is 1. The van der Waals surface area contributed by atoms with E-state index in [1.54, 1.807) is 6.21 Å². The Morgan fingerprint density at radius 2 is 1.66 bits per heavy atom. The molecule has 0 fully saturated rings. The quantitative estimate of drug-likeness (QED) is 0.242. The van der Waals surface area contributed by atoms with Crippen LogP contribution in [0.3, 0.4) is 0 Å². The van der Waals surface area contributed by atoms with Gasteiger partial charge in [-0.05, 0) is 35.4 Å². The van der Waals surface area contributed by atoms with Crippen LogP contribution in [0.5, 0.6) is 0 Å². The Hall–Kier alpha value is -2.19. The fourth-order valence-corrected chi connectivity index (χ4v) is 3.18. The van der Waals surface area contributed by atoms with E-state index in [0.29, 0.717) is 30.4 Å². The van der Waals surface area contributed by atoms with Crippen LogP contribution in [0.2, 0.25) is 0 Å². The van der Waals surface area contributed by atoms with E-state index in [2.05, 4.69) is 9.89 Å². The third-order valence-electron chi connectivity index (χ3n) is 4.38. The number of nitrogens with zero attached hydrogens (tertiary/aromatic N) is 3. The molecule has 2 aromatic carbocycles. The molecule has 2 unspecified atom stereocenters. The maximum absolute atomic E-state index is 10.7. The molecule has 0 amide bonds. The highest BCUT2D eigenvalue weighted by atomic mass is 35.5. The number of rotatable bonds is 11. The summed E-state index contributed by atoms with van der Waals surface area (Å²) in [4.78, 5) is 16.6. The van der Waals surface area contributed by atoms with Gasteiger partial charge in [-0.25, -0.2) is 0 Å². The van der Waals surface area contributed by atoms with Gasteiger partial charge in [-0.2, -0.15) is 0 Å². The van der Waals surface area contributed by atoms with Crippen LogP contribution in [-0.2, 0) is 0 Å². The summed E-state index contributed by atoms with van der Waals surface area (Å²) >= 11 is 11.7. The first-order chi connectivity index (χ1) is 14.0. The van der Waals surface area contributed by atoms with E-state index in [-0.39, 0.29) is 12.3 Å². The molecule has 0 aliphatic heterocycles. The van der Waals surface area contributed by atoms with Crippen LogP contribution in [0.1, 0.15) is 17.2 Å². The number of anilines is 1. The number of halogens is 2. The monoisotopic (exact) mass is 439 g/mol. The van der Waals surface area contributed by atoms with Crippen molar-refractivity contribution in [1.29, 1.82) is 0 Å². The van der Waals surface area contributed by atoms with E-state index in [4.69, 9.17) is 23.2 Å². The molecular formula is C20H23Cl2N3O4. The number of aliphatic hydroxyl groups excluding tert-OH is 2. The van der Waals surface area contributed by atoms with Crippen LogP contribution in [0, 0.1) is 10.1 Å². The highest BCUT2D eigenvalue weighted by molar-refractivity contribution is 6.18. The second kappa shape index (κ2) is 11.7. The molecule has 0 aromatic heterocycles. The van der Waals surface area contributed by atoms with Gasteiger partial charge in [0.15, 0.2) is 0 Å². The first-order valence-electron chi connectivity index (χ1n) is 9.03. The van der Waals surface area contributed by atoms with E-state index >= 15 is 0 Å². The number of aliphatic hydroxyl groups is 2. The molecule has 7 nitrogen and oxygen atoms in total. The van der Waals surface area contributed by atoms with Crippen molar-refractivity contribution in [2.75, 3.05) is 36.4 Å². The molecule has 0 saturated carbocycles. The standard InChI is InChI=1S/C20H23Cl2N3O4/c21-9-11-24(12-10-22)17-5-1-15(2-6-17)13-23-19(14-26)20(27)16-3-7-18(8-4-16)25(28)29/h1-8,13,19-20,26-27H,9-12,14H2/b23-13+. The summed E-state index contributed by atoms with van der Waals surface area (Å²) in [6, 6.07) is 12.4. The summed E-state index contributed by atoms with van der Waals surface area (Å²) < 4.78 is 0. The van der Waals surface area contributed by atoms with E-state index in [0.717, 1.165) is 11.3 Å². The number of aliphatic imine (C=N–C) groups is 1. The normalized spacial score (nSPS) is 13.4. The lowest BCUT2D eigenvalue weighted by atomic mass is 10.0. The lowest BCUT2D eigenvalue weighted by molar-refractivity contribution is -0.384. The topological polar surface area (TPSA) is 99.2 Å².